The number of hydrogen-bond acceptors (Lipinski definition) is 11. The Kier molecular flexibility index (Phi) is 19.9. The number of carboxylic acid groups (broad SMARTS) is 2. The van der Waals surface area contributed by atoms with Gasteiger partial charge in [0.1, 0.15) is 30.2 Å². The maximum Gasteiger partial charge on any atom is 0.326 e. The summed E-state index contributed by atoms with van der Waals surface area (Å²) in [5.74, 6) is -7.42. The minimum absolute atomic E-state index is 0.113. The van der Waals surface area contributed by atoms with Gasteiger partial charge in [-0.25, -0.2) is 4.79 Å². The second-order valence-electron chi connectivity index (χ2n) is 14.2. The second kappa shape index (κ2) is 23.7. The van der Waals surface area contributed by atoms with Crippen molar-refractivity contribution in [3.05, 3.63) is 36.0 Å². The molecule has 1 aromatic carbocycles. The standard InChI is InChI=1S/C37H59N9O10/c1-20(2)30(37(55)56)45-35(53)28(18-22-19-41-25-12-5-4-10-23(22)25)44-36(54)31(21(3)47)46-34(52)27(14-15-29(48)49)43-33(51)26(13-7-9-17-39)42-32(50)24(40)11-6-8-16-38/h4-5,10,12,19-21,24,26-28,30-31,41,47H,6-9,11,13-18,38-40H2,1-3H3,(H,42,50)(H,43,51)(H,44,54)(H,45,53)(H,46,52)(H,48,49)(H,55,56)/t21-,24+,26+,27+,28+,30+,31+/m1/s1. The zero-order valence-corrected chi connectivity index (χ0v) is 32.2. The van der Waals surface area contributed by atoms with Crippen LogP contribution in [-0.2, 0) is 40.0 Å². The van der Waals surface area contributed by atoms with Gasteiger partial charge < -0.3 is 64.1 Å². The molecule has 0 aliphatic carbocycles. The third-order valence-corrected chi connectivity index (χ3v) is 9.19. The van der Waals surface area contributed by atoms with Gasteiger partial charge in [0, 0.05) is 29.9 Å². The third-order valence-electron chi connectivity index (χ3n) is 9.19. The van der Waals surface area contributed by atoms with Gasteiger partial charge in [0.25, 0.3) is 0 Å². The number of carboxylic acids is 2. The van der Waals surface area contributed by atoms with Gasteiger partial charge in [-0.3, -0.25) is 28.8 Å². The van der Waals surface area contributed by atoms with E-state index in [9.17, 15) is 48.9 Å². The van der Waals surface area contributed by atoms with Gasteiger partial charge in [-0.2, -0.15) is 0 Å². The van der Waals surface area contributed by atoms with Crippen LogP contribution in [0, 0.1) is 5.92 Å². The summed E-state index contributed by atoms with van der Waals surface area (Å²) in [6, 6.07) is -0.890. The van der Waals surface area contributed by atoms with Crippen LogP contribution in [0.25, 0.3) is 10.9 Å². The number of aliphatic hydroxyl groups is 1. The van der Waals surface area contributed by atoms with E-state index in [-0.39, 0.29) is 12.8 Å². The second-order valence-corrected chi connectivity index (χ2v) is 14.2. The van der Waals surface area contributed by atoms with Crippen molar-refractivity contribution in [2.75, 3.05) is 13.1 Å². The van der Waals surface area contributed by atoms with E-state index in [0.29, 0.717) is 50.8 Å². The molecule has 56 heavy (non-hydrogen) atoms. The van der Waals surface area contributed by atoms with E-state index in [1.165, 1.54) is 6.92 Å². The topological polar surface area (TPSA) is 334 Å². The average Bonchev–Trinajstić information content (AvgIpc) is 3.55. The smallest absolute Gasteiger partial charge is 0.326 e. The van der Waals surface area contributed by atoms with E-state index in [0.717, 1.165) is 10.9 Å². The van der Waals surface area contributed by atoms with E-state index >= 15 is 0 Å². The molecule has 312 valence electrons. The van der Waals surface area contributed by atoms with E-state index in [2.05, 4.69) is 31.6 Å². The number of para-hydroxylation sites is 1. The first-order valence-corrected chi connectivity index (χ1v) is 18.9. The molecular formula is C37H59N9O10. The highest BCUT2D eigenvalue weighted by Gasteiger charge is 2.35. The number of nitrogens with two attached hydrogens (primary N) is 3. The summed E-state index contributed by atoms with van der Waals surface area (Å²) in [5.41, 5.74) is 18.5. The van der Waals surface area contributed by atoms with Gasteiger partial charge in [0.2, 0.25) is 29.5 Å². The first kappa shape index (κ1) is 47.0. The molecule has 0 saturated carbocycles. The molecule has 15 N–H and O–H groups in total. The number of fused-ring (bicyclic) bond motifs is 1. The number of aromatic amines is 1. The van der Waals surface area contributed by atoms with Crippen molar-refractivity contribution in [1.29, 1.82) is 0 Å². The van der Waals surface area contributed by atoms with Gasteiger partial charge in [-0.1, -0.05) is 38.5 Å². The Balaban J connectivity index is 2.35. The third kappa shape index (κ3) is 15.2. The molecule has 19 nitrogen and oxygen atoms in total. The number of amides is 5. The maximum absolute atomic E-state index is 13.8. The number of carbonyl (C=O) groups excluding carboxylic acids is 5. The monoisotopic (exact) mass is 789 g/mol. The van der Waals surface area contributed by atoms with E-state index < -0.39 is 103 Å². The van der Waals surface area contributed by atoms with Gasteiger partial charge in [0.15, 0.2) is 0 Å². The molecule has 0 aliphatic rings. The summed E-state index contributed by atoms with van der Waals surface area (Å²) in [7, 11) is 0. The number of aromatic nitrogens is 1. The highest BCUT2D eigenvalue weighted by Crippen LogP contribution is 2.20. The minimum atomic E-state index is -1.73. The molecule has 7 atom stereocenters. The SMILES string of the molecule is CC(C)[C@H](NC(=O)[C@H](Cc1c[nH]c2ccccc12)NC(=O)[C@@H](NC(=O)[C@H](CCC(=O)O)NC(=O)[C@H](CCCCN)NC(=O)[C@@H](N)CCCCN)[C@@H](C)O)C(=O)O. The number of nitrogens with one attached hydrogen (secondary N) is 6. The largest absolute Gasteiger partial charge is 0.481 e. The number of aliphatic carboxylic acids is 2. The average molecular weight is 790 g/mol. The number of hydrogen-bond donors (Lipinski definition) is 12. The molecule has 19 heteroatoms. The summed E-state index contributed by atoms with van der Waals surface area (Å²) in [5, 5.41) is 42.9. The predicted molar refractivity (Wildman–Crippen MR) is 206 cm³/mol. The predicted octanol–water partition coefficient (Wildman–Crippen LogP) is -1.29. The lowest BCUT2D eigenvalue weighted by molar-refractivity contribution is -0.143. The van der Waals surface area contributed by atoms with E-state index in [1.807, 2.05) is 0 Å². The van der Waals surface area contributed by atoms with Crippen LogP contribution >= 0.6 is 0 Å². The zero-order chi connectivity index (χ0) is 41.9. The zero-order valence-electron chi connectivity index (χ0n) is 32.2. The molecule has 0 fully saturated rings. The van der Waals surface area contributed by atoms with E-state index in [4.69, 9.17) is 17.2 Å². The normalized spacial score (nSPS) is 15.1. The molecular weight excluding hydrogens is 730 g/mol. The van der Waals surface area contributed by atoms with Gasteiger partial charge in [0.05, 0.1) is 12.1 Å². The molecule has 0 bridgehead atoms. The molecule has 0 radical (unpaired) electrons. The Morgan fingerprint density at radius 2 is 1.21 bits per heavy atom. The lowest BCUT2D eigenvalue weighted by Crippen LogP contribution is -2.61. The molecule has 0 spiro atoms. The van der Waals surface area contributed by atoms with Crippen molar-refractivity contribution >= 4 is 52.4 Å². The number of benzene rings is 1. The first-order chi connectivity index (χ1) is 26.5. The molecule has 1 heterocycles. The number of rotatable bonds is 26. The van der Waals surface area contributed by atoms with Crippen molar-refractivity contribution < 1.29 is 48.9 Å². The Bertz CT molecular complexity index is 1630. The van der Waals surface area contributed by atoms with Gasteiger partial charge >= 0.3 is 11.9 Å². The quantitative estimate of drug-likeness (QED) is 0.0494. The van der Waals surface area contributed by atoms with Crippen LogP contribution < -0.4 is 43.8 Å². The highest BCUT2D eigenvalue weighted by atomic mass is 16.4. The summed E-state index contributed by atoms with van der Waals surface area (Å²) >= 11 is 0. The van der Waals surface area contributed by atoms with Crippen molar-refractivity contribution in [2.45, 2.75) is 121 Å². The maximum atomic E-state index is 13.8. The van der Waals surface area contributed by atoms with Crippen molar-refractivity contribution in [1.82, 2.24) is 31.6 Å². The minimum Gasteiger partial charge on any atom is -0.481 e. The van der Waals surface area contributed by atoms with Crippen LogP contribution in [0.4, 0.5) is 0 Å². The van der Waals surface area contributed by atoms with Crippen LogP contribution in [0.2, 0.25) is 0 Å². The van der Waals surface area contributed by atoms with Crippen LogP contribution in [0.15, 0.2) is 30.5 Å². The lowest BCUT2D eigenvalue weighted by atomic mass is 10.0. The number of unbranched alkanes of at least 4 members (excludes halogenated alkanes) is 2. The molecule has 2 rings (SSSR count). The Hall–Kier alpha value is -5.11. The fraction of sp³-hybridized carbons (Fsp3) is 0.595. The Labute approximate surface area is 325 Å². The number of carbonyl (C=O) groups is 7. The van der Waals surface area contributed by atoms with Crippen LogP contribution in [0.5, 0.6) is 0 Å². The molecule has 0 aliphatic heterocycles. The summed E-state index contributed by atoms with van der Waals surface area (Å²) in [4.78, 5) is 94.0. The molecule has 0 saturated heterocycles. The fourth-order valence-corrected chi connectivity index (χ4v) is 5.91. The first-order valence-electron chi connectivity index (χ1n) is 18.9. The Morgan fingerprint density at radius 3 is 1.80 bits per heavy atom. The molecule has 5 amide bonds. The van der Waals surface area contributed by atoms with E-state index in [1.54, 1.807) is 44.3 Å². The van der Waals surface area contributed by atoms with Crippen molar-refractivity contribution in [3.63, 3.8) is 0 Å². The van der Waals surface area contributed by atoms with Gasteiger partial charge in [-0.05, 0) is 76.1 Å². The molecule has 2 aromatic rings. The lowest BCUT2D eigenvalue weighted by Gasteiger charge is -2.28. The van der Waals surface area contributed by atoms with Gasteiger partial charge in [-0.15, -0.1) is 0 Å². The summed E-state index contributed by atoms with van der Waals surface area (Å²) in [6.07, 6.45) is 1.55. The molecule has 1 aromatic heterocycles. The van der Waals surface area contributed by atoms with Crippen molar-refractivity contribution in [2.24, 2.45) is 23.1 Å². The Morgan fingerprint density at radius 1 is 0.679 bits per heavy atom. The van der Waals surface area contributed by atoms with Crippen LogP contribution in [0.3, 0.4) is 0 Å². The number of H-pyrrole nitrogens is 1. The molecule has 0 unspecified atom stereocenters. The van der Waals surface area contributed by atoms with Crippen molar-refractivity contribution in [3.8, 4) is 0 Å². The summed E-state index contributed by atoms with van der Waals surface area (Å²) in [6.45, 7) is 5.13. The van der Waals surface area contributed by atoms with Crippen LogP contribution in [-0.4, -0.2) is 117 Å². The highest BCUT2D eigenvalue weighted by molar-refractivity contribution is 5.97. The van der Waals surface area contributed by atoms with Crippen LogP contribution in [0.1, 0.15) is 77.7 Å². The summed E-state index contributed by atoms with van der Waals surface area (Å²) < 4.78 is 0. The number of aliphatic hydroxyl groups excluding tert-OH is 1. The fourth-order valence-electron chi connectivity index (χ4n) is 5.91.